The Kier molecular flexibility index (Phi) is 4.52. The molecule has 0 saturated heterocycles. The van der Waals surface area contributed by atoms with Gasteiger partial charge < -0.3 is 10.1 Å². The average Bonchev–Trinajstić information content (AvgIpc) is 2.92. The smallest absolute Gasteiger partial charge is 0.416 e. The SMILES string of the molecule is CC(C)c1cccc2c(CC(=O)O)c(-c3cccc(C(F)(F)F)c3)[nH]c12. The van der Waals surface area contributed by atoms with E-state index in [1.54, 1.807) is 12.1 Å². The van der Waals surface area contributed by atoms with Gasteiger partial charge in [0.15, 0.2) is 0 Å². The number of alkyl halides is 3. The number of halogens is 3. The molecule has 0 aliphatic carbocycles. The van der Waals surface area contributed by atoms with Gasteiger partial charge in [-0.1, -0.05) is 44.2 Å². The average molecular weight is 361 g/mol. The Balaban J connectivity index is 2.28. The Morgan fingerprint density at radius 1 is 1.15 bits per heavy atom. The van der Waals surface area contributed by atoms with Gasteiger partial charge in [-0.05, 0) is 34.7 Å². The number of aliphatic carboxylic acids is 1. The predicted molar refractivity (Wildman–Crippen MR) is 94.2 cm³/mol. The van der Waals surface area contributed by atoms with Gasteiger partial charge in [0.2, 0.25) is 0 Å². The highest BCUT2D eigenvalue weighted by Crippen LogP contribution is 2.37. The molecular formula is C20H18F3NO2. The largest absolute Gasteiger partial charge is 0.481 e. The van der Waals surface area contributed by atoms with Crippen molar-refractivity contribution in [3.63, 3.8) is 0 Å². The molecule has 2 aromatic carbocycles. The quantitative estimate of drug-likeness (QED) is 0.635. The van der Waals surface area contributed by atoms with Gasteiger partial charge in [0.1, 0.15) is 0 Å². The lowest BCUT2D eigenvalue weighted by Gasteiger charge is -2.09. The van der Waals surface area contributed by atoms with Crippen LogP contribution in [-0.2, 0) is 17.4 Å². The van der Waals surface area contributed by atoms with E-state index in [0.717, 1.165) is 28.6 Å². The Morgan fingerprint density at radius 3 is 2.46 bits per heavy atom. The second-order valence-corrected chi connectivity index (χ2v) is 6.55. The second kappa shape index (κ2) is 6.52. The maximum Gasteiger partial charge on any atom is 0.416 e. The molecule has 0 radical (unpaired) electrons. The Hall–Kier alpha value is -2.76. The Morgan fingerprint density at radius 2 is 1.85 bits per heavy atom. The minimum absolute atomic E-state index is 0.185. The van der Waals surface area contributed by atoms with E-state index in [9.17, 15) is 23.1 Å². The second-order valence-electron chi connectivity index (χ2n) is 6.55. The standard InChI is InChI=1S/C20H18F3NO2/c1-11(2)14-7-4-8-15-16(10-17(25)26)18(24-19(14)15)12-5-3-6-13(9-12)20(21,22)23/h3-9,11,24H,10H2,1-2H3,(H,25,26). The first-order valence-electron chi connectivity index (χ1n) is 8.21. The van der Waals surface area contributed by atoms with Crippen molar-refractivity contribution in [1.82, 2.24) is 4.98 Å². The van der Waals surface area contributed by atoms with Gasteiger partial charge in [0.25, 0.3) is 0 Å². The summed E-state index contributed by atoms with van der Waals surface area (Å²) in [5.74, 6) is -0.849. The molecule has 0 spiro atoms. The molecule has 3 aromatic rings. The molecule has 0 bridgehead atoms. The molecule has 3 nitrogen and oxygen atoms in total. The van der Waals surface area contributed by atoms with Crippen LogP contribution in [0.3, 0.4) is 0 Å². The van der Waals surface area contributed by atoms with Crippen LogP contribution in [0, 0.1) is 0 Å². The normalized spacial score (nSPS) is 12.1. The molecule has 0 aliphatic heterocycles. The topological polar surface area (TPSA) is 53.1 Å². The number of benzene rings is 2. The number of fused-ring (bicyclic) bond motifs is 1. The molecule has 0 fully saturated rings. The number of aromatic amines is 1. The van der Waals surface area contributed by atoms with Crippen LogP contribution in [-0.4, -0.2) is 16.1 Å². The summed E-state index contributed by atoms with van der Waals surface area (Å²) in [6, 6.07) is 10.5. The Labute approximate surface area is 148 Å². The maximum atomic E-state index is 13.1. The van der Waals surface area contributed by atoms with E-state index in [-0.39, 0.29) is 12.3 Å². The molecular weight excluding hydrogens is 343 g/mol. The van der Waals surface area contributed by atoms with Gasteiger partial charge in [-0.25, -0.2) is 0 Å². The van der Waals surface area contributed by atoms with Gasteiger partial charge in [-0.3, -0.25) is 4.79 Å². The minimum atomic E-state index is -4.46. The summed E-state index contributed by atoms with van der Waals surface area (Å²) in [6.07, 6.45) is -4.73. The lowest BCUT2D eigenvalue weighted by atomic mass is 9.97. The number of hydrogen-bond donors (Lipinski definition) is 2. The number of para-hydroxylation sites is 1. The minimum Gasteiger partial charge on any atom is -0.481 e. The fourth-order valence-electron chi connectivity index (χ4n) is 3.21. The fraction of sp³-hybridized carbons (Fsp3) is 0.250. The van der Waals surface area contributed by atoms with Gasteiger partial charge >= 0.3 is 12.1 Å². The number of carbonyl (C=O) groups is 1. The number of nitrogens with one attached hydrogen (secondary N) is 1. The molecule has 136 valence electrons. The van der Waals surface area contributed by atoms with E-state index in [2.05, 4.69) is 4.98 Å². The van der Waals surface area contributed by atoms with E-state index in [0.29, 0.717) is 16.8 Å². The van der Waals surface area contributed by atoms with Gasteiger partial charge in [0.05, 0.1) is 17.7 Å². The zero-order chi connectivity index (χ0) is 19.1. The summed E-state index contributed by atoms with van der Waals surface area (Å²) in [4.78, 5) is 14.5. The van der Waals surface area contributed by atoms with Crippen molar-refractivity contribution in [3.8, 4) is 11.3 Å². The summed E-state index contributed by atoms with van der Waals surface area (Å²) in [7, 11) is 0. The van der Waals surface area contributed by atoms with E-state index < -0.39 is 17.7 Å². The van der Waals surface area contributed by atoms with Gasteiger partial charge in [0, 0.05) is 10.9 Å². The molecule has 2 N–H and O–H groups in total. The molecule has 26 heavy (non-hydrogen) atoms. The van der Waals surface area contributed by atoms with Crippen molar-refractivity contribution in [2.75, 3.05) is 0 Å². The maximum absolute atomic E-state index is 13.1. The summed E-state index contributed by atoms with van der Waals surface area (Å²) in [6.45, 7) is 4.02. The van der Waals surface area contributed by atoms with Crippen LogP contribution in [0.5, 0.6) is 0 Å². The molecule has 0 unspecified atom stereocenters. The van der Waals surface area contributed by atoms with Crippen molar-refractivity contribution in [2.45, 2.75) is 32.4 Å². The molecule has 0 atom stereocenters. The molecule has 0 saturated carbocycles. The van der Waals surface area contributed by atoms with Crippen molar-refractivity contribution in [3.05, 3.63) is 59.2 Å². The molecule has 1 aromatic heterocycles. The van der Waals surface area contributed by atoms with Gasteiger partial charge in [-0.15, -0.1) is 0 Å². The molecule has 3 rings (SSSR count). The highest BCUT2D eigenvalue weighted by Gasteiger charge is 2.31. The predicted octanol–water partition coefficient (Wildman–Crippen LogP) is 5.60. The summed E-state index contributed by atoms with van der Waals surface area (Å²) >= 11 is 0. The van der Waals surface area contributed by atoms with Crippen molar-refractivity contribution < 1.29 is 23.1 Å². The summed E-state index contributed by atoms with van der Waals surface area (Å²) < 4.78 is 39.2. The zero-order valence-electron chi connectivity index (χ0n) is 14.3. The first-order chi connectivity index (χ1) is 12.2. The fourth-order valence-corrected chi connectivity index (χ4v) is 3.21. The lowest BCUT2D eigenvalue weighted by Crippen LogP contribution is -2.05. The highest BCUT2D eigenvalue weighted by molar-refractivity contribution is 5.95. The van der Waals surface area contributed by atoms with E-state index >= 15 is 0 Å². The van der Waals surface area contributed by atoms with E-state index in [1.165, 1.54) is 6.07 Å². The van der Waals surface area contributed by atoms with Gasteiger partial charge in [-0.2, -0.15) is 13.2 Å². The first-order valence-corrected chi connectivity index (χ1v) is 8.21. The number of hydrogen-bond acceptors (Lipinski definition) is 1. The summed E-state index contributed by atoms with van der Waals surface area (Å²) in [5.41, 5.74) is 2.23. The van der Waals surface area contributed by atoms with Crippen LogP contribution < -0.4 is 0 Å². The molecule has 0 aliphatic rings. The number of carboxylic acid groups (broad SMARTS) is 1. The molecule has 0 amide bonds. The van der Waals surface area contributed by atoms with Crippen molar-refractivity contribution >= 4 is 16.9 Å². The number of aromatic nitrogens is 1. The van der Waals surface area contributed by atoms with Crippen molar-refractivity contribution in [1.29, 1.82) is 0 Å². The van der Waals surface area contributed by atoms with Crippen molar-refractivity contribution in [2.24, 2.45) is 0 Å². The third kappa shape index (κ3) is 3.31. The molecule has 6 heteroatoms. The first kappa shape index (κ1) is 18.0. The number of H-pyrrole nitrogens is 1. The molecule has 1 heterocycles. The highest BCUT2D eigenvalue weighted by atomic mass is 19.4. The van der Waals surface area contributed by atoms with E-state index in [1.807, 2.05) is 26.0 Å². The third-order valence-corrected chi connectivity index (χ3v) is 4.40. The number of carboxylic acids is 1. The summed E-state index contributed by atoms with van der Waals surface area (Å²) in [5, 5.41) is 10.0. The lowest BCUT2D eigenvalue weighted by molar-refractivity contribution is -0.138. The van der Waals surface area contributed by atoms with Crippen LogP contribution in [0.2, 0.25) is 0 Å². The Bertz CT molecular complexity index is 971. The monoisotopic (exact) mass is 361 g/mol. The van der Waals surface area contributed by atoms with Crippen LogP contribution >= 0.6 is 0 Å². The van der Waals surface area contributed by atoms with E-state index in [4.69, 9.17) is 0 Å². The zero-order valence-corrected chi connectivity index (χ0v) is 14.3. The van der Waals surface area contributed by atoms with Crippen LogP contribution in [0.4, 0.5) is 13.2 Å². The van der Waals surface area contributed by atoms with Crippen LogP contribution in [0.25, 0.3) is 22.2 Å². The number of rotatable bonds is 4. The van der Waals surface area contributed by atoms with Crippen LogP contribution in [0.15, 0.2) is 42.5 Å². The van der Waals surface area contributed by atoms with Crippen LogP contribution in [0.1, 0.15) is 36.5 Å². The third-order valence-electron chi connectivity index (χ3n) is 4.40.